The van der Waals surface area contributed by atoms with E-state index >= 15 is 0 Å². The summed E-state index contributed by atoms with van der Waals surface area (Å²) in [7, 11) is 1.49. The zero-order valence-electron chi connectivity index (χ0n) is 9.02. The highest BCUT2D eigenvalue weighted by molar-refractivity contribution is 5.74. The maximum Gasteiger partial charge on any atom is 0.315 e. The second-order valence-electron chi connectivity index (χ2n) is 3.21. The molecule has 0 aliphatic carbocycles. The lowest BCUT2D eigenvalue weighted by molar-refractivity contribution is -0.141. The summed E-state index contributed by atoms with van der Waals surface area (Å²) in [4.78, 5) is 13.2. The van der Waals surface area contributed by atoms with Crippen molar-refractivity contribution in [2.75, 3.05) is 7.11 Å². The Kier molecular flexibility index (Phi) is 4.33. The molecule has 17 heavy (non-hydrogen) atoms. The highest BCUT2D eigenvalue weighted by atomic mass is 16.5. The van der Waals surface area contributed by atoms with Crippen molar-refractivity contribution in [1.29, 1.82) is 0 Å². The van der Waals surface area contributed by atoms with E-state index in [1.54, 1.807) is 12.1 Å². The van der Waals surface area contributed by atoms with Crippen LogP contribution in [-0.2, 0) is 4.79 Å². The van der Waals surface area contributed by atoms with Crippen LogP contribution in [-0.4, -0.2) is 29.3 Å². The standard InChI is InChI=1S/C10H11N3O4/c1-17-7-4-2-6(3-5-7)9(14)8(10(15)16)12-13-11/h2-5,8-9,14H,1H3,(H,15,16)/t8-,9+/m0/s1. The number of hydrogen-bond donors (Lipinski definition) is 2. The first kappa shape index (κ1) is 12.8. The molecule has 0 radical (unpaired) electrons. The van der Waals surface area contributed by atoms with Gasteiger partial charge in [-0.25, -0.2) is 0 Å². The lowest BCUT2D eigenvalue weighted by Gasteiger charge is -2.15. The van der Waals surface area contributed by atoms with Gasteiger partial charge in [0.05, 0.1) is 13.2 Å². The highest BCUT2D eigenvalue weighted by Crippen LogP contribution is 2.22. The third-order valence-corrected chi connectivity index (χ3v) is 2.19. The van der Waals surface area contributed by atoms with E-state index in [2.05, 4.69) is 10.0 Å². The number of ether oxygens (including phenoxy) is 1. The lowest BCUT2D eigenvalue weighted by atomic mass is 10.0. The molecule has 0 saturated carbocycles. The predicted octanol–water partition coefficient (Wildman–Crippen LogP) is 1.49. The molecule has 0 aromatic heterocycles. The summed E-state index contributed by atoms with van der Waals surface area (Å²) >= 11 is 0. The highest BCUT2D eigenvalue weighted by Gasteiger charge is 2.26. The molecule has 7 nitrogen and oxygen atoms in total. The number of aliphatic hydroxyl groups is 1. The van der Waals surface area contributed by atoms with Crippen molar-refractivity contribution < 1.29 is 19.7 Å². The van der Waals surface area contributed by atoms with Crippen molar-refractivity contribution in [3.8, 4) is 5.75 Å². The van der Waals surface area contributed by atoms with Crippen molar-refractivity contribution in [3.05, 3.63) is 40.3 Å². The Hall–Kier alpha value is -2.24. The second-order valence-corrected chi connectivity index (χ2v) is 3.21. The van der Waals surface area contributed by atoms with Crippen LogP contribution in [0.3, 0.4) is 0 Å². The molecule has 0 fully saturated rings. The van der Waals surface area contributed by atoms with E-state index in [9.17, 15) is 9.90 Å². The number of aliphatic hydroxyl groups excluding tert-OH is 1. The minimum atomic E-state index is -1.55. The van der Waals surface area contributed by atoms with Crippen molar-refractivity contribution >= 4 is 5.97 Å². The molecule has 2 N–H and O–H groups in total. The number of azide groups is 1. The van der Waals surface area contributed by atoms with Crippen LogP contribution in [0, 0.1) is 0 Å². The van der Waals surface area contributed by atoms with Gasteiger partial charge in [0.25, 0.3) is 0 Å². The summed E-state index contributed by atoms with van der Waals surface area (Å²) in [6, 6.07) is 4.62. The SMILES string of the molecule is COc1ccc([C@@H](O)[C@H](N=[N+]=[N-])C(=O)O)cc1. The van der Waals surface area contributed by atoms with Gasteiger partial charge >= 0.3 is 5.97 Å². The Balaban J connectivity index is 2.96. The van der Waals surface area contributed by atoms with Crippen LogP contribution in [0.2, 0.25) is 0 Å². The molecular formula is C10H11N3O4. The molecular weight excluding hydrogens is 226 g/mol. The smallest absolute Gasteiger partial charge is 0.315 e. The normalized spacial score (nSPS) is 13.3. The fourth-order valence-corrected chi connectivity index (χ4v) is 1.29. The van der Waals surface area contributed by atoms with Gasteiger partial charge in [0, 0.05) is 4.91 Å². The van der Waals surface area contributed by atoms with Crippen molar-refractivity contribution in [2.24, 2.45) is 5.11 Å². The van der Waals surface area contributed by atoms with Crippen LogP contribution in [0.5, 0.6) is 5.75 Å². The largest absolute Gasteiger partial charge is 0.497 e. The van der Waals surface area contributed by atoms with Gasteiger partial charge in [0.1, 0.15) is 5.75 Å². The molecule has 0 amide bonds. The fourth-order valence-electron chi connectivity index (χ4n) is 1.29. The lowest BCUT2D eigenvalue weighted by Crippen LogP contribution is -2.25. The Morgan fingerprint density at radius 2 is 2.06 bits per heavy atom. The zero-order valence-corrected chi connectivity index (χ0v) is 9.02. The molecule has 1 aromatic rings. The van der Waals surface area contributed by atoms with Crippen LogP contribution < -0.4 is 4.74 Å². The van der Waals surface area contributed by atoms with Gasteiger partial charge < -0.3 is 14.9 Å². The summed E-state index contributed by atoms with van der Waals surface area (Å²) in [6.45, 7) is 0. The number of methoxy groups -OCH3 is 1. The molecule has 0 aliphatic rings. The average molecular weight is 237 g/mol. The Bertz CT molecular complexity index is 437. The fraction of sp³-hybridized carbons (Fsp3) is 0.300. The molecule has 90 valence electrons. The number of rotatable bonds is 5. The molecule has 0 aliphatic heterocycles. The molecule has 0 unspecified atom stereocenters. The quantitative estimate of drug-likeness (QED) is 0.458. The maximum absolute atomic E-state index is 10.8. The first-order valence-electron chi connectivity index (χ1n) is 4.69. The van der Waals surface area contributed by atoms with Crippen molar-refractivity contribution in [2.45, 2.75) is 12.1 Å². The van der Waals surface area contributed by atoms with Crippen LogP contribution in [0.25, 0.3) is 10.4 Å². The van der Waals surface area contributed by atoms with E-state index < -0.39 is 18.1 Å². The summed E-state index contributed by atoms with van der Waals surface area (Å²) in [5.41, 5.74) is 8.57. The third-order valence-electron chi connectivity index (χ3n) is 2.19. The van der Waals surface area contributed by atoms with Crippen molar-refractivity contribution in [1.82, 2.24) is 0 Å². The summed E-state index contributed by atoms with van der Waals surface area (Å²) < 4.78 is 4.92. The Morgan fingerprint density at radius 1 is 1.47 bits per heavy atom. The number of nitrogens with zero attached hydrogens (tertiary/aromatic N) is 3. The molecule has 0 heterocycles. The van der Waals surface area contributed by atoms with Gasteiger partial charge in [-0.15, -0.1) is 0 Å². The number of aliphatic carboxylic acids is 1. The van der Waals surface area contributed by atoms with Crippen LogP contribution >= 0.6 is 0 Å². The molecule has 2 atom stereocenters. The number of carbonyl (C=O) groups is 1. The zero-order chi connectivity index (χ0) is 12.8. The van der Waals surface area contributed by atoms with Crippen LogP contribution in [0.1, 0.15) is 11.7 Å². The summed E-state index contributed by atoms with van der Waals surface area (Å²) in [5.74, 6) is -0.803. The molecule has 0 saturated heterocycles. The first-order valence-corrected chi connectivity index (χ1v) is 4.69. The second kappa shape index (κ2) is 5.74. The monoisotopic (exact) mass is 237 g/mol. The maximum atomic E-state index is 10.8. The molecule has 1 rings (SSSR count). The minimum absolute atomic E-state index is 0.339. The van der Waals surface area contributed by atoms with Crippen LogP contribution in [0.4, 0.5) is 0 Å². The van der Waals surface area contributed by atoms with Crippen molar-refractivity contribution in [3.63, 3.8) is 0 Å². The molecule has 1 aromatic carbocycles. The van der Waals surface area contributed by atoms with Gasteiger partial charge in [0.2, 0.25) is 0 Å². The van der Waals surface area contributed by atoms with E-state index in [0.29, 0.717) is 11.3 Å². The Morgan fingerprint density at radius 3 is 2.47 bits per heavy atom. The van der Waals surface area contributed by atoms with E-state index in [1.165, 1.54) is 19.2 Å². The number of carboxylic acid groups (broad SMARTS) is 1. The molecule has 7 heteroatoms. The Labute approximate surface area is 96.9 Å². The van der Waals surface area contributed by atoms with Gasteiger partial charge in [-0.3, -0.25) is 4.79 Å². The third kappa shape index (κ3) is 3.10. The van der Waals surface area contributed by atoms with Crippen LogP contribution in [0.15, 0.2) is 29.4 Å². The van der Waals surface area contributed by atoms with Gasteiger partial charge in [-0.05, 0) is 23.2 Å². The molecule has 0 bridgehead atoms. The molecule has 0 spiro atoms. The average Bonchev–Trinajstić information content (AvgIpc) is 2.35. The van der Waals surface area contributed by atoms with E-state index in [0.717, 1.165) is 0 Å². The summed E-state index contributed by atoms with van der Waals surface area (Å²) in [6.07, 6.45) is -1.39. The number of carboxylic acids is 1. The van der Waals surface area contributed by atoms with Gasteiger partial charge in [0.15, 0.2) is 6.04 Å². The number of hydrogen-bond acceptors (Lipinski definition) is 4. The number of benzene rings is 1. The van der Waals surface area contributed by atoms with E-state index in [4.69, 9.17) is 15.4 Å². The topological polar surface area (TPSA) is 116 Å². The van der Waals surface area contributed by atoms with Gasteiger partial charge in [-0.2, -0.15) is 0 Å². The minimum Gasteiger partial charge on any atom is -0.497 e. The van der Waals surface area contributed by atoms with E-state index in [1.807, 2.05) is 0 Å². The van der Waals surface area contributed by atoms with E-state index in [-0.39, 0.29) is 0 Å². The van der Waals surface area contributed by atoms with Gasteiger partial charge in [-0.1, -0.05) is 17.2 Å². The first-order chi connectivity index (χ1) is 8.10. The predicted molar refractivity (Wildman–Crippen MR) is 58.5 cm³/mol. The summed E-state index contributed by atoms with van der Waals surface area (Å²) in [5, 5.41) is 21.6.